The molecule has 2 rings (SSSR count). The van der Waals surface area contributed by atoms with Gasteiger partial charge in [-0.25, -0.2) is 4.79 Å². The second kappa shape index (κ2) is 5.97. The van der Waals surface area contributed by atoms with Crippen molar-refractivity contribution in [1.29, 1.82) is 0 Å². The molecule has 20 heavy (non-hydrogen) atoms. The van der Waals surface area contributed by atoms with E-state index in [0.29, 0.717) is 17.5 Å². The SMILES string of the molecule is COC(=O)c1ccc([N+](=O)[O-])c(Cc2ccccc2)c1. The maximum Gasteiger partial charge on any atom is 0.337 e. The number of carbonyl (C=O) groups is 1. The molecular formula is C15H13NO4. The number of nitro groups is 1. The predicted molar refractivity (Wildman–Crippen MR) is 73.7 cm³/mol. The highest BCUT2D eigenvalue weighted by Crippen LogP contribution is 2.23. The first-order chi connectivity index (χ1) is 9.61. The minimum Gasteiger partial charge on any atom is -0.465 e. The van der Waals surface area contributed by atoms with Gasteiger partial charge in [0.25, 0.3) is 5.69 Å². The molecule has 0 radical (unpaired) electrons. The Bertz CT molecular complexity index is 638. The third-order valence-corrected chi connectivity index (χ3v) is 2.93. The normalized spacial score (nSPS) is 10.1. The average Bonchev–Trinajstić information content (AvgIpc) is 2.47. The van der Waals surface area contributed by atoms with Gasteiger partial charge in [-0.15, -0.1) is 0 Å². The number of hydrogen-bond donors (Lipinski definition) is 0. The van der Waals surface area contributed by atoms with Crippen molar-refractivity contribution in [1.82, 2.24) is 0 Å². The van der Waals surface area contributed by atoms with E-state index in [1.54, 1.807) is 0 Å². The molecule has 0 unspecified atom stereocenters. The molecule has 5 heteroatoms. The standard InChI is InChI=1S/C15H13NO4/c1-20-15(17)12-7-8-14(16(18)19)13(10-12)9-11-5-3-2-4-6-11/h2-8,10H,9H2,1H3. The molecule has 0 N–H and O–H groups in total. The van der Waals surface area contributed by atoms with Crippen molar-refractivity contribution in [2.45, 2.75) is 6.42 Å². The minimum absolute atomic E-state index is 0.00139. The lowest BCUT2D eigenvalue weighted by molar-refractivity contribution is -0.385. The number of esters is 1. The van der Waals surface area contributed by atoms with Crippen LogP contribution in [-0.2, 0) is 11.2 Å². The van der Waals surface area contributed by atoms with Gasteiger partial charge in [0.15, 0.2) is 0 Å². The van der Waals surface area contributed by atoms with Gasteiger partial charge in [-0.1, -0.05) is 30.3 Å². The zero-order valence-electron chi connectivity index (χ0n) is 10.9. The van der Waals surface area contributed by atoms with Gasteiger partial charge >= 0.3 is 5.97 Å². The summed E-state index contributed by atoms with van der Waals surface area (Å²) >= 11 is 0. The van der Waals surface area contributed by atoms with Crippen LogP contribution in [0.4, 0.5) is 5.69 Å². The second-order valence-corrected chi connectivity index (χ2v) is 4.25. The quantitative estimate of drug-likeness (QED) is 0.487. The van der Waals surface area contributed by atoms with Gasteiger partial charge in [-0.2, -0.15) is 0 Å². The molecule has 0 heterocycles. The van der Waals surface area contributed by atoms with Gasteiger partial charge in [-0.3, -0.25) is 10.1 Å². The maximum atomic E-state index is 11.5. The van der Waals surface area contributed by atoms with Crippen molar-refractivity contribution in [2.75, 3.05) is 7.11 Å². The number of nitrogens with zero attached hydrogens (tertiary/aromatic N) is 1. The zero-order valence-corrected chi connectivity index (χ0v) is 10.9. The second-order valence-electron chi connectivity index (χ2n) is 4.25. The van der Waals surface area contributed by atoms with Gasteiger partial charge in [0, 0.05) is 18.1 Å². The molecule has 2 aromatic carbocycles. The minimum atomic E-state index is -0.505. The van der Waals surface area contributed by atoms with Crippen LogP contribution in [0.2, 0.25) is 0 Å². The van der Waals surface area contributed by atoms with Crippen molar-refractivity contribution < 1.29 is 14.5 Å². The largest absolute Gasteiger partial charge is 0.465 e. The first kappa shape index (κ1) is 13.7. The van der Waals surface area contributed by atoms with Crippen molar-refractivity contribution in [2.24, 2.45) is 0 Å². The Labute approximate surface area is 116 Å². The van der Waals surface area contributed by atoms with Crippen LogP contribution in [-0.4, -0.2) is 18.0 Å². The Morgan fingerprint density at radius 3 is 2.50 bits per heavy atom. The van der Waals surface area contributed by atoms with Crippen LogP contribution in [0.3, 0.4) is 0 Å². The van der Waals surface area contributed by atoms with E-state index >= 15 is 0 Å². The lowest BCUT2D eigenvalue weighted by Gasteiger charge is -2.06. The Morgan fingerprint density at radius 1 is 1.20 bits per heavy atom. The summed E-state index contributed by atoms with van der Waals surface area (Å²) in [6.45, 7) is 0. The van der Waals surface area contributed by atoms with E-state index < -0.39 is 10.9 Å². The molecule has 2 aromatic rings. The highest BCUT2D eigenvalue weighted by atomic mass is 16.6. The summed E-state index contributed by atoms with van der Waals surface area (Å²) in [4.78, 5) is 22.1. The summed E-state index contributed by atoms with van der Waals surface area (Å²) in [5, 5.41) is 11.1. The molecular weight excluding hydrogens is 258 g/mol. The molecule has 5 nitrogen and oxygen atoms in total. The van der Waals surface area contributed by atoms with Crippen LogP contribution >= 0.6 is 0 Å². The molecule has 0 saturated carbocycles. The first-order valence-electron chi connectivity index (χ1n) is 6.01. The smallest absolute Gasteiger partial charge is 0.337 e. The summed E-state index contributed by atoms with van der Waals surface area (Å²) in [5.74, 6) is -0.505. The van der Waals surface area contributed by atoms with E-state index in [9.17, 15) is 14.9 Å². The van der Waals surface area contributed by atoms with Gasteiger partial charge in [0.05, 0.1) is 17.6 Å². The molecule has 0 aliphatic rings. The fourth-order valence-corrected chi connectivity index (χ4v) is 1.97. The number of ether oxygens (including phenoxy) is 1. The number of rotatable bonds is 4. The van der Waals surface area contributed by atoms with Gasteiger partial charge in [-0.05, 0) is 17.7 Å². The van der Waals surface area contributed by atoms with Crippen LogP contribution in [0.1, 0.15) is 21.5 Å². The predicted octanol–water partition coefficient (Wildman–Crippen LogP) is 2.97. The third-order valence-electron chi connectivity index (χ3n) is 2.93. The van der Waals surface area contributed by atoms with Crippen LogP contribution in [0, 0.1) is 10.1 Å². The van der Waals surface area contributed by atoms with Crippen molar-refractivity contribution in [3.05, 3.63) is 75.3 Å². The van der Waals surface area contributed by atoms with Crippen LogP contribution in [0.5, 0.6) is 0 Å². The third kappa shape index (κ3) is 3.00. The van der Waals surface area contributed by atoms with E-state index in [2.05, 4.69) is 4.74 Å². The molecule has 0 aliphatic heterocycles. The molecule has 0 aliphatic carbocycles. The average molecular weight is 271 g/mol. The zero-order chi connectivity index (χ0) is 14.5. The lowest BCUT2D eigenvalue weighted by Crippen LogP contribution is -2.04. The van der Waals surface area contributed by atoms with Gasteiger partial charge < -0.3 is 4.74 Å². The molecule has 0 aromatic heterocycles. The molecule has 0 amide bonds. The highest BCUT2D eigenvalue weighted by Gasteiger charge is 2.17. The maximum absolute atomic E-state index is 11.5. The first-order valence-corrected chi connectivity index (χ1v) is 6.01. The summed E-state index contributed by atoms with van der Waals surface area (Å²) < 4.78 is 4.63. The summed E-state index contributed by atoms with van der Waals surface area (Å²) in [6, 6.07) is 13.6. The molecule has 0 fully saturated rings. The fraction of sp³-hybridized carbons (Fsp3) is 0.133. The van der Waals surface area contributed by atoms with Crippen LogP contribution in [0.15, 0.2) is 48.5 Å². The monoisotopic (exact) mass is 271 g/mol. The van der Waals surface area contributed by atoms with E-state index in [1.807, 2.05) is 30.3 Å². The van der Waals surface area contributed by atoms with Crippen LogP contribution in [0.25, 0.3) is 0 Å². The number of benzene rings is 2. The number of carbonyl (C=O) groups excluding carboxylic acids is 1. The summed E-state index contributed by atoms with van der Waals surface area (Å²) in [6.07, 6.45) is 0.391. The van der Waals surface area contributed by atoms with Crippen molar-refractivity contribution in [3.63, 3.8) is 0 Å². The van der Waals surface area contributed by atoms with Gasteiger partial charge in [0.1, 0.15) is 0 Å². The Hall–Kier alpha value is -2.69. The summed E-state index contributed by atoms with van der Waals surface area (Å²) in [7, 11) is 1.28. The molecule has 0 saturated heterocycles. The number of methoxy groups -OCH3 is 1. The number of hydrogen-bond acceptors (Lipinski definition) is 4. The fourth-order valence-electron chi connectivity index (χ4n) is 1.97. The van der Waals surface area contributed by atoms with Crippen LogP contribution < -0.4 is 0 Å². The van der Waals surface area contributed by atoms with Crippen molar-refractivity contribution >= 4 is 11.7 Å². The molecule has 0 bridgehead atoms. The summed E-state index contributed by atoms with van der Waals surface area (Å²) in [5.41, 5.74) is 1.74. The highest BCUT2D eigenvalue weighted by molar-refractivity contribution is 5.90. The Morgan fingerprint density at radius 2 is 1.90 bits per heavy atom. The van der Waals surface area contributed by atoms with E-state index in [-0.39, 0.29) is 5.69 Å². The van der Waals surface area contributed by atoms with E-state index in [1.165, 1.54) is 25.3 Å². The molecule has 102 valence electrons. The van der Waals surface area contributed by atoms with Gasteiger partial charge in [0.2, 0.25) is 0 Å². The Kier molecular flexibility index (Phi) is 4.10. The van der Waals surface area contributed by atoms with E-state index in [4.69, 9.17) is 0 Å². The Balaban J connectivity index is 2.42. The number of nitro benzene ring substituents is 1. The van der Waals surface area contributed by atoms with Crippen molar-refractivity contribution in [3.8, 4) is 0 Å². The lowest BCUT2D eigenvalue weighted by atomic mass is 10.0. The van der Waals surface area contributed by atoms with E-state index in [0.717, 1.165) is 5.56 Å². The topological polar surface area (TPSA) is 69.4 Å². The molecule has 0 atom stereocenters. The molecule has 0 spiro atoms.